The second-order valence-corrected chi connectivity index (χ2v) is 8.04. The van der Waals surface area contributed by atoms with E-state index in [2.05, 4.69) is 39.8 Å². The number of likely N-dealkylation sites (tertiary alicyclic amines) is 1. The molecule has 0 aliphatic carbocycles. The number of fused-ring (bicyclic) bond motifs is 1. The Hall–Kier alpha value is -1.92. The number of carbonyl (C=O) groups excluding carboxylic acids is 2. The molecule has 0 aromatic heterocycles. The monoisotopic (exact) mass is 370 g/mol. The van der Waals surface area contributed by atoms with Gasteiger partial charge in [0.25, 0.3) is 0 Å². The predicted octanol–water partition coefficient (Wildman–Crippen LogP) is 1.12. The number of benzene rings is 1. The van der Waals surface area contributed by atoms with Crippen molar-refractivity contribution in [1.82, 2.24) is 20.4 Å². The maximum absolute atomic E-state index is 12.4. The summed E-state index contributed by atoms with van der Waals surface area (Å²) in [5, 5.41) is 6.67. The minimum absolute atomic E-state index is 0.0566. The number of hydrogen-bond acceptors (Lipinski definition) is 4. The Morgan fingerprint density at radius 3 is 2.74 bits per heavy atom. The molecular weight excluding hydrogens is 340 g/mol. The summed E-state index contributed by atoms with van der Waals surface area (Å²) in [5.41, 5.74) is 1.26. The Balaban J connectivity index is 1.30. The summed E-state index contributed by atoms with van der Waals surface area (Å²) >= 11 is 0. The van der Waals surface area contributed by atoms with E-state index in [4.69, 9.17) is 0 Å². The van der Waals surface area contributed by atoms with Gasteiger partial charge in [-0.25, -0.2) is 0 Å². The molecule has 3 saturated heterocycles. The van der Waals surface area contributed by atoms with Gasteiger partial charge in [0, 0.05) is 51.2 Å². The average Bonchev–Trinajstić information content (AvgIpc) is 3.37. The minimum Gasteiger partial charge on any atom is -0.353 e. The summed E-state index contributed by atoms with van der Waals surface area (Å²) in [6.07, 6.45) is 4.53. The Kier molecular flexibility index (Phi) is 5.74. The molecule has 27 heavy (non-hydrogen) atoms. The summed E-state index contributed by atoms with van der Waals surface area (Å²) in [4.78, 5) is 29.0. The number of rotatable bonds is 6. The molecule has 3 aliphatic heterocycles. The fourth-order valence-electron chi connectivity index (χ4n) is 4.66. The van der Waals surface area contributed by atoms with E-state index in [1.54, 1.807) is 0 Å². The lowest BCUT2D eigenvalue weighted by atomic mass is 10.0. The van der Waals surface area contributed by atoms with Gasteiger partial charge in [0.2, 0.25) is 11.8 Å². The van der Waals surface area contributed by atoms with E-state index in [0.29, 0.717) is 19.0 Å². The molecule has 4 rings (SSSR count). The highest BCUT2D eigenvalue weighted by molar-refractivity contribution is 5.83. The van der Waals surface area contributed by atoms with Crippen LogP contribution >= 0.6 is 0 Å². The van der Waals surface area contributed by atoms with E-state index < -0.39 is 0 Å². The average molecular weight is 370 g/mol. The normalized spacial score (nSPS) is 28.2. The summed E-state index contributed by atoms with van der Waals surface area (Å²) in [6, 6.07) is 10.9. The van der Waals surface area contributed by atoms with E-state index >= 15 is 0 Å². The molecule has 2 N–H and O–H groups in total. The van der Waals surface area contributed by atoms with Crippen molar-refractivity contribution in [3.8, 4) is 0 Å². The highest BCUT2D eigenvalue weighted by Gasteiger charge is 2.43. The number of nitrogens with zero attached hydrogens (tertiary/aromatic N) is 2. The van der Waals surface area contributed by atoms with Crippen LogP contribution in [0.1, 0.15) is 37.7 Å². The molecule has 1 aromatic carbocycles. The van der Waals surface area contributed by atoms with E-state index in [9.17, 15) is 9.59 Å². The van der Waals surface area contributed by atoms with Gasteiger partial charge in [-0.05, 0) is 31.2 Å². The van der Waals surface area contributed by atoms with Crippen molar-refractivity contribution in [2.75, 3.05) is 26.2 Å². The van der Waals surface area contributed by atoms with Gasteiger partial charge in [0.1, 0.15) is 0 Å². The van der Waals surface area contributed by atoms with Gasteiger partial charge < -0.3 is 15.5 Å². The molecule has 3 aliphatic rings. The van der Waals surface area contributed by atoms with E-state index in [-0.39, 0.29) is 23.9 Å². The van der Waals surface area contributed by atoms with Crippen LogP contribution in [0.4, 0.5) is 0 Å². The lowest BCUT2D eigenvalue weighted by Crippen LogP contribution is -2.58. The van der Waals surface area contributed by atoms with Crippen LogP contribution in [-0.2, 0) is 16.1 Å². The van der Waals surface area contributed by atoms with Crippen LogP contribution in [0, 0.1) is 0 Å². The molecule has 3 heterocycles. The molecule has 6 heteroatoms. The van der Waals surface area contributed by atoms with Crippen molar-refractivity contribution in [1.29, 1.82) is 0 Å². The Bertz CT molecular complexity index is 659. The van der Waals surface area contributed by atoms with Crippen LogP contribution in [0.15, 0.2) is 30.3 Å². The van der Waals surface area contributed by atoms with Crippen LogP contribution < -0.4 is 10.6 Å². The molecule has 0 unspecified atom stereocenters. The quantitative estimate of drug-likeness (QED) is 0.788. The van der Waals surface area contributed by atoms with Gasteiger partial charge >= 0.3 is 0 Å². The van der Waals surface area contributed by atoms with E-state index in [1.807, 2.05) is 11.0 Å². The third-order valence-corrected chi connectivity index (χ3v) is 6.21. The molecule has 0 saturated carbocycles. The van der Waals surface area contributed by atoms with Gasteiger partial charge in [-0.3, -0.25) is 14.5 Å². The van der Waals surface area contributed by atoms with Crippen LogP contribution in [0.5, 0.6) is 0 Å². The zero-order valence-electron chi connectivity index (χ0n) is 15.9. The smallest absolute Gasteiger partial charge is 0.237 e. The minimum atomic E-state index is -0.0566. The predicted molar refractivity (Wildman–Crippen MR) is 104 cm³/mol. The standard InChI is InChI=1S/C21H30N4O2/c26-20(24-10-4-5-11-24)9-8-18-14-23-21(27)19-12-17(15-25(18)19)22-13-16-6-2-1-3-7-16/h1-3,6-7,17-19,22H,4-5,8-15H2,(H,23,27)/t17-,18+,19-/m0/s1. The molecule has 1 aromatic rings. The number of piperazine rings is 1. The number of hydrogen-bond donors (Lipinski definition) is 2. The van der Waals surface area contributed by atoms with Crippen molar-refractivity contribution in [3.63, 3.8) is 0 Å². The van der Waals surface area contributed by atoms with Gasteiger partial charge in [0.15, 0.2) is 0 Å². The van der Waals surface area contributed by atoms with E-state index in [0.717, 1.165) is 51.9 Å². The third kappa shape index (κ3) is 4.33. The van der Waals surface area contributed by atoms with E-state index in [1.165, 1.54) is 5.56 Å². The van der Waals surface area contributed by atoms with Crippen molar-refractivity contribution in [3.05, 3.63) is 35.9 Å². The first kappa shape index (κ1) is 18.4. The molecule has 0 spiro atoms. The molecular formula is C21H30N4O2. The van der Waals surface area contributed by atoms with Crippen LogP contribution in [0.25, 0.3) is 0 Å². The van der Waals surface area contributed by atoms with Crippen molar-refractivity contribution in [2.24, 2.45) is 0 Å². The highest BCUT2D eigenvalue weighted by atomic mass is 16.2. The summed E-state index contributed by atoms with van der Waals surface area (Å²) in [5.74, 6) is 0.417. The Labute approximate surface area is 161 Å². The van der Waals surface area contributed by atoms with Crippen LogP contribution in [-0.4, -0.2) is 65.9 Å². The van der Waals surface area contributed by atoms with Gasteiger partial charge in [-0.15, -0.1) is 0 Å². The van der Waals surface area contributed by atoms with Crippen LogP contribution in [0.3, 0.4) is 0 Å². The number of nitrogens with one attached hydrogen (secondary N) is 2. The number of amides is 2. The lowest BCUT2D eigenvalue weighted by Gasteiger charge is -2.37. The summed E-state index contributed by atoms with van der Waals surface area (Å²) in [7, 11) is 0. The summed E-state index contributed by atoms with van der Waals surface area (Å²) in [6.45, 7) is 4.20. The fourth-order valence-corrected chi connectivity index (χ4v) is 4.66. The molecule has 0 bridgehead atoms. The second-order valence-electron chi connectivity index (χ2n) is 8.04. The molecule has 3 fully saturated rings. The highest BCUT2D eigenvalue weighted by Crippen LogP contribution is 2.26. The van der Waals surface area contributed by atoms with Gasteiger partial charge in [-0.1, -0.05) is 30.3 Å². The SMILES string of the molecule is O=C1NC[C@@H](CCC(=O)N2CCCC2)N2C[C@@H](NCc3ccccc3)C[C@@H]12. The zero-order chi connectivity index (χ0) is 18.6. The van der Waals surface area contributed by atoms with Crippen LogP contribution in [0.2, 0.25) is 0 Å². The van der Waals surface area contributed by atoms with Crippen molar-refractivity contribution in [2.45, 2.75) is 56.8 Å². The Morgan fingerprint density at radius 1 is 1.19 bits per heavy atom. The molecule has 2 amide bonds. The zero-order valence-corrected chi connectivity index (χ0v) is 15.9. The first-order valence-corrected chi connectivity index (χ1v) is 10.3. The topological polar surface area (TPSA) is 64.7 Å². The second kappa shape index (κ2) is 8.40. The van der Waals surface area contributed by atoms with Crippen molar-refractivity contribution < 1.29 is 9.59 Å². The maximum Gasteiger partial charge on any atom is 0.237 e. The van der Waals surface area contributed by atoms with Crippen molar-refractivity contribution >= 4 is 11.8 Å². The summed E-state index contributed by atoms with van der Waals surface area (Å²) < 4.78 is 0. The lowest BCUT2D eigenvalue weighted by molar-refractivity contribution is -0.131. The molecule has 146 valence electrons. The first-order valence-electron chi connectivity index (χ1n) is 10.3. The maximum atomic E-state index is 12.4. The first-order chi connectivity index (χ1) is 13.2. The number of carbonyl (C=O) groups is 2. The molecule has 0 radical (unpaired) electrons. The van der Waals surface area contributed by atoms with Gasteiger partial charge in [-0.2, -0.15) is 0 Å². The molecule has 6 nitrogen and oxygen atoms in total. The third-order valence-electron chi connectivity index (χ3n) is 6.21. The van der Waals surface area contributed by atoms with Gasteiger partial charge in [0.05, 0.1) is 6.04 Å². The molecule has 3 atom stereocenters. The largest absolute Gasteiger partial charge is 0.353 e. The fraction of sp³-hybridized carbons (Fsp3) is 0.619. The Morgan fingerprint density at radius 2 is 1.96 bits per heavy atom.